The molecule has 0 spiro atoms. The van der Waals surface area contributed by atoms with Crippen molar-refractivity contribution in [2.75, 3.05) is 7.11 Å². The van der Waals surface area contributed by atoms with Gasteiger partial charge in [-0.15, -0.1) is 0 Å². The summed E-state index contributed by atoms with van der Waals surface area (Å²) >= 11 is 11.1. The second-order valence-corrected chi connectivity index (χ2v) is 3.29. The number of methoxy groups -OCH3 is 1. The lowest BCUT2D eigenvalue weighted by atomic mass is 10.2. The van der Waals surface area contributed by atoms with Gasteiger partial charge in [-0.3, -0.25) is 0 Å². The molecule has 0 bridgehead atoms. The van der Waals surface area contributed by atoms with E-state index in [0.717, 1.165) is 12.1 Å². The Bertz CT molecular complexity index is 326. The van der Waals surface area contributed by atoms with E-state index in [1.807, 2.05) is 0 Å². The Morgan fingerprint density at radius 3 is 1.86 bits per heavy atom. The van der Waals surface area contributed by atoms with Crippen molar-refractivity contribution in [2.45, 2.75) is 6.18 Å². The number of hydrogen-bond donors (Lipinski definition) is 0. The highest BCUT2D eigenvalue weighted by Crippen LogP contribution is 2.39. The molecule has 0 unspecified atom stereocenters. The van der Waals surface area contributed by atoms with Crippen LogP contribution in [0.2, 0.25) is 10.0 Å². The minimum Gasteiger partial charge on any atom is -0.494 e. The van der Waals surface area contributed by atoms with Gasteiger partial charge in [0.25, 0.3) is 0 Å². The molecule has 0 N–H and O–H groups in total. The molecule has 1 aromatic rings. The molecule has 0 saturated carbocycles. The number of rotatable bonds is 1. The third-order valence-electron chi connectivity index (χ3n) is 1.53. The molecule has 0 amide bonds. The number of halogens is 5. The maximum absolute atomic E-state index is 12.2. The molecule has 0 saturated heterocycles. The van der Waals surface area contributed by atoms with E-state index in [4.69, 9.17) is 27.9 Å². The molecule has 1 rings (SSSR count). The van der Waals surface area contributed by atoms with E-state index in [1.54, 1.807) is 0 Å². The topological polar surface area (TPSA) is 9.23 Å². The van der Waals surface area contributed by atoms with Crippen LogP contribution in [0.1, 0.15) is 5.56 Å². The van der Waals surface area contributed by atoms with Crippen LogP contribution in [0.15, 0.2) is 12.1 Å². The standard InChI is InChI=1S/C8H5Cl2F3O/c1-14-7-5(9)2-4(3-6(7)10)8(11,12)13/h2-3H,1H3. The second kappa shape index (κ2) is 3.87. The van der Waals surface area contributed by atoms with E-state index in [-0.39, 0.29) is 15.8 Å². The smallest absolute Gasteiger partial charge is 0.416 e. The molecule has 0 aromatic heterocycles. The summed E-state index contributed by atoms with van der Waals surface area (Å²) in [6.07, 6.45) is -4.46. The summed E-state index contributed by atoms with van der Waals surface area (Å²) in [7, 11) is 1.28. The van der Waals surface area contributed by atoms with Crippen LogP contribution in [0.4, 0.5) is 13.2 Å². The Labute approximate surface area is 88.4 Å². The van der Waals surface area contributed by atoms with Crippen molar-refractivity contribution in [2.24, 2.45) is 0 Å². The Hall–Kier alpha value is -0.610. The number of ether oxygens (including phenoxy) is 1. The van der Waals surface area contributed by atoms with E-state index in [0.29, 0.717) is 0 Å². The number of alkyl halides is 3. The summed E-state index contributed by atoms with van der Waals surface area (Å²) in [6.45, 7) is 0. The van der Waals surface area contributed by atoms with E-state index in [2.05, 4.69) is 0 Å². The molecule has 14 heavy (non-hydrogen) atoms. The van der Waals surface area contributed by atoms with Crippen molar-refractivity contribution in [1.82, 2.24) is 0 Å². The molecule has 0 aliphatic heterocycles. The van der Waals surface area contributed by atoms with Crippen LogP contribution in [-0.4, -0.2) is 7.11 Å². The van der Waals surface area contributed by atoms with E-state index < -0.39 is 11.7 Å². The van der Waals surface area contributed by atoms with Gasteiger partial charge in [0.1, 0.15) is 0 Å². The Balaban J connectivity index is 3.28. The zero-order chi connectivity index (χ0) is 10.9. The SMILES string of the molecule is COc1c(Cl)cc(C(F)(F)F)cc1Cl. The number of hydrogen-bond acceptors (Lipinski definition) is 1. The fraction of sp³-hybridized carbons (Fsp3) is 0.250. The molecule has 0 heterocycles. The normalized spacial score (nSPS) is 11.6. The zero-order valence-corrected chi connectivity index (χ0v) is 8.46. The second-order valence-electron chi connectivity index (χ2n) is 2.47. The molecule has 0 radical (unpaired) electrons. The Morgan fingerprint density at radius 1 is 1.14 bits per heavy atom. The Morgan fingerprint density at radius 2 is 1.57 bits per heavy atom. The zero-order valence-electron chi connectivity index (χ0n) is 6.95. The summed E-state index contributed by atoms with van der Waals surface area (Å²) in [5.41, 5.74) is -0.895. The van der Waals surface area contributed by atoms with Crippen LogP contribution < -0.4 is 4.74 Å². The molecule has 0 aliphatic carbocycles. The van der Waals surface area contributed by atoms with Crippen LogP contribution in [-0.2, 0) is 6.18 Å². The molecule has 0 aliphatic rings. The quantitative estimate of drug-likeness (QED) is 0.725. The molecular formula is C8H5Cl2F3O. The minimum atomic E-state index is -4.46. The maximum Gasteiger partial charge on any atom is 0.416 e. The maximum atomic E-state index is 12.2. The van der Waals surface area contributed by atoms with Gasteiger partial charge in [-0.05, 0) is 12.1 Å². The van der Waals surface area contributed by atoms with Gasteiger partial charge in [0.05, 0.1) is 22.7 Å². The van der Waals surface area contributed by atoms with Crippen LogP contribution in [0.25, 0.3) is 0 Å². The lowest BCUT2D eigenvalue weighted by molar-refractivity contribution is -0.137. The van der Waals surface area contributed by atoms with Gasteiger partial charge in [-0.25, -0.2) is 0 Å². The highest BCUT2D eigenvalue weighted by molar-refractivity contribution is 6.37. The van der Waals surface area contributed by atoms with Crippen molar-refractivity contribution in [1.29, 1.82) is 0 Å². The predicted molar refractivity (Wildman–Crippen MR) is 48.0 cm³/mol. The predicted octanol–water partition coefficient (Wildman–Crippen LogP) is 4.02. The third-order valence-corrected chi connectivity index (χ3v) is 2.09. The molecule has 1 nitrogen and oxygen atoms in total. The van der Waals surface area contributed by atoms with Gasteiger partial charge in [-0.2, -0.15) is 13.2 Å². The first-order chi connectivity index (χ1) is 6.36. The minimum absolute atomic E-state index is 0.0429. The summed E-state index contributed by atoms with van der Waals surface area (Å²) in [5, 5.41) is -0.320. The average Bonchev–Trinajstić information content (AvgIpc) is 2.01. The largest absolute Gasteiger partial charge is 0.494 e. The Kier molecular flexibility index (Phi) is 3.17. The number of benzene rings is 1. The first kappa shape index (κ1) is 11.5. The van der Waals surface area contributed by atoms with E-state index in [9.17, 15) is 13.2 Å². The van der Waals surface area contributed by atoms with Gasteiger partial charge < -0.3 is 4.74 Å². The summed E-state index contributed by atoms with van der Waals surface area (Å²) in [4.78, 5) is 0. The lowest BCUT2D eigenvalue weighted by Crippen LogP contribution is -2.05. The third kappa shape index (κ3) is 2.25. The lowest BCUT2D eigenvalue weighted by Gasteiger charge is -2.10. The molecule has 6 heteroatoms. The monoisotopic (exact) mass is 244 g/mol. The first-order valence-corrected chi connectivity index (χ1v) is 4.22. The van der Waals surface area contributed by atoms with Crippen LogP contribution in [0.3, 0.4) is 0 Å². The first-order valence-electron chi connectivity index (χ1n) is 3.46. The van der Waals surface area contributed by atoms with Gasteiger partial charge in [0.2, 0.25) is 0 Å². The van der Waals surface area contributed by atoms with Crippen molar-refractivity contribution < 1.29 is 17.9 Å². The molecule has 0 atom stereocenters. The molecule has 78 valence electrons. The molecule has 1 aromatic carbocycles. The van der Waals surface area contributed by atoms with E-state index in [1.165, 1.54) is 7.11 Å². The molecular weight excluding hydrogens is 240 g/mol. The molecule has 0 fully saturated rings. The van der Waals surface area contributed by atoms with Crippen molar-refractivity contribution in [3.05, 3.63) is 27.7 Å². The average molecular weight is 245 g/mol. The van der Waals surface area contributed by atoms with Crippen LogP contribution >= 0.6 is 23.2 Å². The fourth-order valence-electron chi connectivity index (χ4n) is 0.919. The summed E-state index contributed by atoms with van der Waals surface area (Å²) < 4.78 is 41.4. The van der Waals surface area contributed by atoms with Gasteiger partial charge >= 0.3 is 6.18 Å². The van der Waals surface area contributed by atoms with Crippen molar-refractivity contribution >= 4 is 23.2 Å². The summed E-state index contributed by atoms with van der Waals surface area (Å²) in [6, 6.07) is 1.54. The van der Waals surface area contributed by atoms with Crippen LogP contribution in [0, 0.1) is 0 Å². The highest BCUT2D eigenvalue weighted by Gasteiger charge is 2.32. The van der Waals surface area contributed by atoms with Crippen molar-refractivity contribution in [3.8, 4) is 5.75 Å². The van der Waals surface area contributed by atoms with Gasteiger partial charge in [-0.1, -0.05) is 23.2 Å². The fourth-order valence-corrected chi connectivity index (χ4v) is 1.56. The van der Waals surface area contributed by atoms with Gasteiger partial charge in [0.15, 0.2) is 5.75 Å². The summed E-state index contributed by atoms with van der Waals surface area (Å²) in [5.74, 6) is 0.0429. The van der Waals surface area contributed by atoms with Crippen LogP contribution in [0.5, 0.6) is 5.75 Å². The highest BCUT2D eigenvalue weighted by atomic mass is 35.5. The van der Waals surface area contributed by atoms with Gasteiger partial charge in [0, 0.05) is 0 Å². The van der Waals surface area contributed by atoms with E-state index >= 15 is 0 Å². The van der Waals surface area contributed by atoms with Crippen molar-refractivity contribution in [3.63, 3.8) is 0 Å².